The quantitative estimate of drug-likeness (QED) is 0.0231. The van der Waals surface area contributed by atoms with Crippen molar-refractivity contribution in [3.05, 3.63) is 36.4 Å². The molecule has 0 aliphatic heterocycles. The molecule has 456 valence electrons. The summed E-state index contributed by atoms with van der Waals surface area (Å²) in [5.74, 6) is -8.25. The molecule has 0 aromatic carbocycles. The lowest BCUT2D eigenvalue weighted by Gasteiger charge is -2.30. The first-order chi connectivity index (χ1) is 38.2. The number of aromatic nitrogens is 4. The first-order valence-electron chi connectivity index (χ1n) is 28.3. The molecular formula is C54H95N17O10. The average Bonchev–Trinajstić information content (AvgIpc) is 4.15. The van der Waals surface area contributed by atoms with Gasteiger partial charge in [-0.3, -0.25) is 43.3 Å². The minimum atomic E-state index is -1.38. The molecule has 0 saturated heterocycles. The zero-order valence-corrected chi connectivity index (χ0v) is 49.1. The normalized spacial score (nSPS) is 15.5. The molecule has 0 fully saturated rings. The summed E-state index contributed by atoms with van der Waals surface area (Å²) < 4.78 is 0. The molecule has 19 N–H and O–H groups in total. The second kappa shape index (κ2) is 36.2. The van der Waals surface area contributed by atoms with Crippen LogP contribution in [0.15, 0.2) is 30.0 Å². The summed E-state index contributed by atoms with van der Waals surface area (Å²) in [6.07, 6.45) is 8.12. The van der Waals surface area contributed by atoms with Crippen LogP contribution in [0.5, 0.6) is 0 Å². The highest BCUT2D eigenvalue weighted by Gasteiger charge is 2.37. The molecule has 2 aromatic rings. The summed E-state index contributed by atoms with van der Waals surface area (Å²) in [4.78, 5) is 143. The van der Waals surface area contributed by atoms with Gasteiger partial charge in [0.15, 0.2) is 5.96 Å². The van der Waals surface area contributed by atoms with Crippen LogP contribution in [0.3, 0.4) is 0 Å². The van der Waals surface area contributed by atoms with Gasteiger partial charge < -0.3 is 80.5 Å². The first-order valence-corrected chi connectivity index (χ1v) is 28.3. The second-order valence-corrected chi connectivity index (χ2v) is 22.2. The fourth-order valence-electron chi connectivity index (χ4n) is 8.73. The maximum absolute atomic E-state index is 14.6. The first kappa shape index (κ1) is 69.9. The van der Waals surface area contributed by atoms with Gasteiger partial charge in [-0.15, -0.1) is 0 Å². The van der Waals surface area contributed by atoms with E-state index in [1.807, 2.05) is 34.6 Å². The molecule has 0 radical (unpaired) electrons. The van der Waals surface area contributed by atoms with E-state index >= 15 is 0 Å². The van der Waals surface area contributed by atoms with Gasteiger partial charge >= 0.3 is 5.97 Å². The van der Waals surface area contributed by atoms with Gasteiger partial charge in [-0.05, 0) is 87.5 Å². The van der Waals surface area contributed by atoms with Gasteiger partial charge in [-0.25, -0.2) is 14.8 Å². The van der Waals surface area contributed by atoms with Crippen LogP contribution < -0.4 is 65.5 Å². The standard InChI is InChI=1S/C54H95N17O10/c1-11-32(9)43(70-45(72)36(56)20-29(3)4)51(78)65-37(16-13-14-18-55)46(73)66-41(24-35-26-60-28-63-35)50(77)71-44(33(10)12-2)52(79)68-39(21-30(5)6)48(75)67-40(23-34-25-59-27-62-34)49(76)64-38(17-15-19-61-54(57)58)47(74)69-42(53(80)81)22-31(7)8/h25-33,36-44H,11-24,55-56H2,1-10H3,(H,59,62)(H,60,63)(H,64,76)(H,65,78)(H,66,73)(H,67,75)(H,68,79)(H,69,74)(H,70,72)(H,71,77)(H,80,81)(H4,57,58,61)/t32-,33-,36-,37-,38-,39-,40-,41-,42-,43-,44-/m0/s1. The predicted octanol–water partition coefficient (Wildman–Crippen LogP) is -0.379. The molecular weight excluding hydrogens is 1050 g/mol. The Hall–Kier alpha value is -7.16. The predicted molar refractivity (Wildman–Crippen MR) is 306 cm³/mol. The van der Waals surface area contributed by atoms with Gasteiger partial charge in [0.2, 0.25) is 47.3 Å². The molecule has 27 heteroatoms. The van der Waals surface area contributed by atoms with Crippen LogP contribution >= 0.6 is 0 Å². The van der Waals surface area contributed by atoms with Crippen LogP contribution in [0.25, 0.3) is 0 Å². The van der Waals surface area contributed by atoms with Gasteiger partial charge in [-0.2, -0.15) is 0 Å². The van der Waals surface area contributed by atoms with Crippen molar-refractivity contribution < 1.29 is 48.3 Å². The van der Waals surface area contributed by atoms with E-state index in [2.05, 4.69) is 67.5 Å². The van der Waals surface area contributed by atoms with Crippen molar-refractivity contribution >= 4 is 59.2 Å². The Bertz CT molecular complexity index is 2310. The third kappa shape index (κ3) is 25.9. The Balaban J connectivity index is 2.51. The highest BCUT2D eigenvalue weighted by atomic mass is 16.4. The molecule has 81 heavy (non-hydrogen) atoms. The number of guanidine groups is 1. The van der Waals surface area contributed by atoms with Gasteiger partial charge in [0, 0.05) is 43.2 Å². The van der Waals surface area contributed by atoms with Crippen LogP contribution in [0.4, 0.5) is 0 Å². The number of amides is 8. The van der Waals surface area contributed by atoms with Crippen molar-refractivity contribution in [3.63, 3.8) is 0 Å². The number of aromatic amines is 2. The highest BCUT2D eigenvalue weighted by molar-refractivity contribution is 5.98. The molecule has 0 aliphatic carbocycles. The van der Waals surface area contributed by atoms with Crippen LogP contribution in [-0.2, 0) is 56.0 Å². The van der Waals surface area contributed by atoms with Crippen LogP contribution in [0, 0.1) is 29.6 Å². The number of unbranched alkanes of at least 4 members (excludes halogenated alkanes) is 1. The summed E-state index contributed by atoms with van der Waals surface area (Å²) in [5.41, 5.74) is 23.9. The number of nitrogens with two attached hydrogens (primary N) is 4. The third-order valence-electron chi connectivity index (χ3n) is 13.7. The van der Waals surface area contributed by atoms with E-state index in [1.165, 1.54) is 25.0 Å². The molecule has 0 saturated carbocycles. The average molecular weight is 1140 g/mol. The minimum absolute atomic E-state index is 0.0192. The smallest absolute Gasteiger partial charge is 0.326 e. The number of carbonyl (C=O) groups is 9. The minimum Gasteiger partial charge on any atom is -0.480 e. The molecule has 0 unspecified atom stereocenters. The zero-order valence-electron chi connectivity index (χ0n) is 49.1. The van der Waals surface area contributed by atoms with Crippen molar-refractivity contribution in [2.75, 3.05) is 13.1 Å². The van der Waals surface area contributed by atoms with Crippen molar-refractivity contribution in [3.8, 4) is 0 Å². The Labute approximate surface area is 476 Å². The summed E-state index contributed by atoms with van der Waals surface area (Å²) >= 11 is 0. The van der Waals surface area contributed by atoms with Gasteiger partial charge in [0.25, 0.3) is 0 Å². The van der Waals surface area contributed by atoms with Crippen molar-refractivity contribution in [2.45, 2.75) is 201 Å². The monoisotopic (exact) mass is 1140 g/mol. The number of rotatable bonds is 39. The summed E-state index contributed by atoms with van der Waals surface area (Å²) in [7, 11) is 0. The lowest BCUT2D eigenvalue weighted by molar-refractivity contribution is -0.143. The Morgan fingerprint density at radius 2 is 0.901 bits per heavy atom. The molecule has 8 amide bonds. The highest BCUT2D eigenvalue weighted by Crippen LogP contribution is 2.16. The maximum Gasteiger partial charge on any atom is 0.326 e. The fourth-order valence-corrected chi connectivity index (χ4v) is 8.73. The lowest BCUT2D eigenvalue weighted by Crippen LogP contribution is -2.62. The third-order valence-corrected chi connectivity index (χ3v) is 13.7. The largest absolute Gasteiger partial charge is 0.480 e. The van der Waals surface area contributed by atoms with E-state index in [4.69, 9.17) is 22.9 Å². The zero-order chi connectivity index (χ0) is 60.9. The van der Waals surface area contributed by atoms with E-state index in [0.29, 0.717) is 50.0 Å². The van der Waals surface area contributed by atoms with E-state index in [9.17, 15) is 48.3 Å². The Kier molecular flexibility index (Phi) is 31.3. The number of nitrogens with zero attached hydrogens (tertiary/aromatic N) is 3. The summed E-state index contributed by atoms with van der Waals surface area (Å²) in [6.45, 7) is 18.7. The summed E-state index contributed by atoms with van der Waals surface area (Å²) in [6, 6.07) is -10.9. The van der Waals surface area contributed by atoms with Crippen LogP contribution in [0.2, 0.25) is 0 Å². The molecule has 0 spiro atoms. The van der Waals surface area contributed by atoms with Crippen LogP contribution in [0.1, 0.15) is 145 Å². The van der Waals surface area contributed by atoms with Gasteiger partial charge in [0.05, 0.1) is 18.7 Å². The van der Waals surface area contributed by atoms with Crippen molar-refractivity contribution in [1.82, 2.24) is 62.5 Å². The molecule has 2 heterocycles. The molecule has 27 nitrogen and oxygen atoms in total. The number of carbonyl (C=O) groups excluding carboxylic acids is 8. The number of carboxylic acid groups (broad SMARTS) is 1. The van der Waals surface area contributed by atoms with Crippen molar-refractivity contribution in [2.24, 2.45) is 57.5 Å². The summed E-state index contributed by atoms with van der Waals surface area (Å²) in [5, 5.41) is 31.8. The maximum atomic E-state index is 14.6. The molecule has 11 atom stereocenters. The number of aliphatic imine (C=N–C) groups is 1. The van der Waals surface area contributed by atoms with Crippen LogP contribution in [-0.4, -0.2) is 152 Å². The van der Waals surface area contributed by atoms with E-state index in [0.717, 1.165) is 0 Å². The number of hydrogen-bond donors (Lipinski definition) is 15. The molecule has 0 aliphatic rings. The van der Waals surface area contributed by atoms with E-state index in [-0.39, 0.29) is 81.1 Å². The number of aliphatic carboxylic acids is 1. The second-order valence-electron chi connectivity index (χ2n) is 22.2. The molecule has 2 rings (SSSR count). The molecule has 2 aromatic heterocycles. The number of imidazole rings is 2. The fraction of sp³-hybridized carbons (Fsp3) is 0.704. The van der Waals surface area contributed by atoms with Crippen molar-refractivity contribution in [1.29, 1.82) is 0 Å². The van der Waals surface area contributed by atoms with E-state index in [1.54, 1.807) is 34.6 Å². The topological polar surface area (TPSA) is 444 Å². The lowest BCUT2D eigenvalue weighted by atomic mass is 9.95. The Morgan fingerprint density at radius 1 is 0.519 bits per heavy atom. The number of hydrogen-bond acceptors (Lipinski definition) is 14. The number of carboxylic acids is 1. The number of H-pyrrole nitrogens is 2. The van der Waals surface area contributed by atoms with Gasteiger partial charge in [-0.1, -0.05) is 82.1 Å². The van der Waals surface area contributed by atoms with E-state index < -0.39 is 114 Å². The number of nitrogens with one attached hydrogen (secondary N) is 10. The SMILES string of the molecule is CC[C@H](C)[C@H](NC(=O)[C@H](Cc1cnc[nH]1)NC(=O)[C@H](CCCCN)NC(=O)[C@@H](NC(=O)[C@@H](N)CC(C)C)[C@@H](C)CC)C(=O)N[C@@H](CC(C)C)C(=O)N[C@@H](Cc1cnc[nH]1)C(=O)N[C@@H](CCCN=C(N)N)C(=O)N[C@@H](CC(C)C)C(=O)O. The van der Waals surface area contributed by atoms with Gasteiger partial charge in [0.1, 0.15) is 48.3 Å². The Morgan fingerprint density at radius 3 is 1.32 bits per heavy atom. The molecule has 0 bridgehead atoms.